The predicted molar refractivity (Wildman–Crippen MR) is 92.0 cm³/mol. The van der Waals surface area contributed by atoms with Crippen LogP contribution >= 0.6 is 24.0 Å². The third kappa shape index (κ3) is 10.5. The number of aliphatic imine (C=N–C) groups is 1. The van der Waals surface area contributed by atoms with Gasteiger partial charge in [-0.2, -0.15) is 0 Å². The molecule has 2 N–H and O–H groups in total. The Hall–Kier alpha value is -0.870. The maximum atomic E-state index is 5.39. The van der Waals surface area contributed by atoms with Crippen LogP contribution in [0.2, 0.25) is 0 Å². The molecule has 0 aliphatic heterocycles. The SMILES string of the molecule is CCNC(=NCc1ccon1)NCCCOCCOC.I. The van der Waals surface area contributed by atoms with Gasteiger partial charge < -0.3 is 24.6 Å². The van der Waals surface area contributed by atoms with Crippen molar-refractivity contribution in [2.24, 2.45) is 4.99 Å². The van der Waals surface area contributed by atoms with Gasteiger partial charge in [0, 0.05) is 32.9 Å². The van der Waals surface area contributed by atoms with E-state index in [1.165, 1.54) is 0 Å². The van der Waals surface area contributed by atoms with Gasteiger partial charge in [0.15, 0.2) is 5.96 Å². The van der Waals surface area contributed by atoms with Gasteiger partial charge in [-0.3, -0.25) is 0 Å². The summed E-state index contributed by atoms with van der Waals surface area (Å²) in [5.41, 5.74) is 0.810. The number of methoxy groups -OCH3 is 1. The molecule has 0 aliphatic carbocycles. The lowest BCUT2D eigenvalue weighted by atomic mass is 10.4. The minimum Gasteiger partial charge on any atom is -0.382 e. The van der Waals surface area contributed by atoms with E-state index in [1.807, 2.05) is 6.92 Å². The first kappa shape index (κ1) is 20.1. The largest absolute Gasteiger partial charge is 0.382 e. The van der Waals surface area contributed by atoms with Gasteiger partial charge in [0.25, 0.3) is 0 Å². The Labute approximate surface area is 142 Å². The van der Waals surface area contributed by atoms with E-state index in [2.05, 4.69) is 20.8 Å². The standard InChI is InChI=1S/C13H24N4O3.HI/c1-3-14-13(16-11-12-5-8-20-17-12)15-6-4-7-19-10-9-18-2;/h5,8H,3-4,6-7,9-11H2,1-2H3,(H2,14,15,16);1H. The first-order valence-electron chi connectivity index (χ1n) is 6.85. The topological polar surface area (TPSA) is 80.9 Å². The van der Waals surface area contributed by atoms with Crippen molar-refractivity contribution in [1.29, 1.82) is 0 Å². The molecule has 0 fully saturated rings. The van der Waals surface area contributed by atoms with Gasteiger partial charge >= 0.3 is 0 Å². The quantitative estimate of drug-likeness (QED) is 0.262. The van der Waals surface area contributed by atoms with Gasteiger partial charge in [-0.25, -0.2) is 4.99 Å². The summed E-state index contributed by atoms with van der Waals surface area (Å²) in [5.74, 6) is 0.771. The summed E-state index contributed by atoms with van der Waals surface area (Å²) in [7, 11) is 1.67. The molecular formula is C13H25IN4O3. The van der Waals surface area contributed by atoms with E-state index < -0.39 is 0 Å². The number of nitrogens with zero attached hydrogens (tertiary/aromatic N) is 2. The first-order chi connectivity index (χ1) is 9.86. The summed E-state index contributed by atoms with van der Waals surface area (Å²) in [5, 5.41) is 10.2. The predicted octanol–water partition coefficient (Wildman–Crippen LogP) is 1.40. The Kier molecular flexibility index (Phi) is 13.5. The van der Waals surface area contributed by atoms with Crippen molar-refractivity contribution in [1.82, 2.24) is 15.8 Å². The minimum absolute atomic E-state index is 0. The van der Waals surface area contributed by atoms with Gasteiger partial charge in [0.1, 0.15) is 12.0 Å². The van der Waals surface area contributed by atoms with Gasteiger partial charge in [-0.1, -0.05) is 5.16 Å². The Morgan fingerprint density at radius 2 is 2.19 bits per heavy atom. The molecule has 0 aromatic carbocycles. The highest BCUT2D eigenvalue weighted by molar-refractivity contribution is 14.0. The number of guanidine groups is 1. The zero-order chi connectivity index (χ0) is 14.5. The average molecular weight is 412 g/mol. The van der Waals surface area contributed by atoms with E-state index in [-0.39, 0.29) is 24.0 Å². The van der Waals surface area contributed by atoms with Gasteiger partial charge in [-0.15, -0.1) is 24.0 Å². The third-order valence-electron chi connectivity index (χ3n) is 2.42. The molecule has 0 aliphatic rings. The lowest BCUT2D eigenvalue weighted by molar-refractivity contribution is 0.0698. The molecule has 0 bridgehead atoms. The van der Waals surface area contributed by atoms with Crippen LogP contribution in [0.5, 0.6) is 0 Å². The van der Waals surface area contributed by atoms with E-state index in [1.54, 1.807) is 19.4 Å². The van der Waals surface area contributed by atoms with Crippen LogP contribution in [0.3, 0.4) is 0 Å². The highest BCUT2D eigenvalue weighted by Gasteiger charge is 1.99. The molecule has 0 spiro atoms. The van der Waals surface area contributed by atoms with E-state index in [9.17, 15) is 0 Å². The minimum atomic E-state index is 0. The van der Waals surface area contributed by atoms with Crippen molar-refractivity contribution in [2.75, 3.05) is 40.0 Å². The molecule has 122 valence electrons. The summed E-state index contributed by atoms with van der Waals surface area (Å²) >= 11 is 0. The molecule has 0 unspecified atom stereocenters. The second-order valence-electron chi connectivity index (χ2n) is 4.07. The van der Waals surface area contributed by atoms with Crippen molar-refractivity contribution in [3.8, 4) is 0 Å². The normalized spacial score (nSPS) is 11.0. The van der Waals surface area contributed by atoms with Crippen molar-refractivity contribution >= 4 is 29.9 Å². The Morgan fingerprint density at radius 3 is 2.86 bits per heavy atom. The maximum absolute atomic E-state index is 5.39. The van der Waals surface area contributed by atoms with Gasteiger partial charge in [0.2, 0.25) is 0 Å². The number of ether oxygens (including phenoxy) is 2. The van der Waals surface area contributed by atoms with E-state index in [0.717, 1.165) is 31.2 Å². The summed E-state index contributed by atoms with van der Waals surface area (Å²) < 4.78 is 15.1. The third-order valence-corrected chi connectivity index (χ3v) is 2.42. The Morgan fingerprint density at radius 1 is 1.33 bits per heavy atom. The van der Waals surface area contributed by atoms with E-state index >= 15 is 0 Å². The summed E-state index contributed by atoms with van der Waals surface area (Å²) in [4.78, 5) is 4.41. The fraction of sp³-hybridized carbons (Fsp3) is 0.692. The zero-order valence-corrected chi connectivity index (χ0v) is 15.0. The number of nitrogens with one attached hydrogen (secondary N) is 2. The summed E-state index contributed by atoms with van der Waals surface area (Å²) in [6.45, 7) is 6.12. The van der Waals surface area contributed by atoms with Crippen LogP contribution in [0.1, 0.15) is 19.0 Å². The number of hydrogen-bond donors (Lipinski definition) is 2. The number of rotatable bonds is 10. The molecule has 8 heteroatoms. The molecule has 1 aromatic heterocycles. The lowest BCUT2D eigenvalue weighted by Gasteiger charge is -2.11. The van der Waals surface area contributed by atoms with Crippen molar-refractivity contribution < 1.29 is 14.0 Å². The maximum Gasteiger partial charge on any atom is 0.191 e. The Balaban J connectivity index is 0.00000400. The Bertz CT molecular complexity index is 360. The fourth-order valence-electron chi connectivity index (χ4n) is 1.45. The molecule has 1 heterocycles. The highest BCUT2D eigenvalue weighted by atomic mass is 127. The second-order valence-corrected chi connectivity index (χ2v) is 4.07. The molecule has 0 saturated carbocycles. The first-order valence-corrected chi connectivity index (χ1v) is 6.85. The molecule has 0 amide bonds. The van der Waals surface area contributed by atoms with Crippen molar-refractivity contribution in [3.63, 3.8) is 0 Å². The number of hydrogen-bond acceptors (Lipinski definition) is 5. The number of aromatic nitrogens is 1. The molecule has 0 radical (unpaired) electrons. The van der Waals surface area contributed by atoms with Crippen LogP contribution in [-0.4, -0.2) is 51.1 Å². The summed E-state index contributed by atoms with van der Waals surface area (Å²) in [6, 6.07) is 1.80. The molecule has 1 aromatic rings. The van der Waals surface area contributed by atoms with Crippen molar-refractivity contribution in [3.05, 3.63) is 18.0 Å². The highest BCUT2D eigenvalue weighted by Crippen LogP contribution is 1.96. The fourth-order valence-corrected chi connectivity index (χ4v) is 1.45. The molecule has 0 saturated heterocycles. The molecule has 7 nitrogen and oxygen atoms in total. The molecular weight excluding hydrogens is 387 g/mol. The van der Waals surface area contributed by atoms with Crippen LogP contribution < -0.4 is 10.6 Å². The van der Waals surface area contributed by atoms with Crippen LogP contribution in [-0.2, 0) is 16.0 Å². The van der Waals surface area contributed by atoms with Crippen LogP contribution in [0.15, 0.2) is 21.8 Å². The zero-order valence-electron chi connectivity index (χ0n) is 12.6. The van der Waals surface area contributed by atoms with E-state index in [4.69, 9.17) is 14.0 Å². The van der Waals surface area contributed by atoms with Crippen molar-refractivity contribution in [2.45, 2.75) is 19.9 Å². The lowest BCUT2D eigenvalue weighted by Crippen LogP contribution is -2.38. The average Bonchev–Trinajstić information content (AvgIpc) is 2.97. The van der Waals surface area contributed by atoms with Gasteiger partial charge in [-0.05, 0) is 13.3 Å². The molecule has 21 heavy (non-hydrogen) atoms. The number of halogens is 1. The molecule has 0 atom stereocenters. The smallest absolute Gasteiger partial charge is 0.191 e. The summed E-state index contributed by atoms with van der Waals surface area (Å²) in [6.07, 6.45) is 2.46. The monoisotopic (exact) mass is 412 g/mol. The molecule has 1 rings (SSSR count). The van der Waals surface area contributed by atoms with Crippen LogP contribution in [0.4, 0.5) is 0 Å². The second kappa shape index (κ2) is 14.1. The van der Waals surface area contributed by atoms with Gasteiger partial charge in [0.05, 0.1) is 19.8 Å². The van der Waals surface area contributed by atoms with Crippen LogP contribution in [0, 0.1) is 0 Å². The van der Waals surface area contributed by atoms with E-state index in [0.29, 0.717) is 26.4 Å². The van der Waals surface area contributed by atoms with Crippen LogP contribution in [0.25, 0.3) is 0 Å².